The molecule has 0 radical (unpaired) electrons. The fraction of sp³-hybridized carbons (Fsp3) is 0.263. The number of aryl methyl sites for hydroxylation is 1. The Morgan fingerprint density at radius 2 is 1.97 bits per heavy atom. The first-order valence-corrected chi connectivity index (χ1v) is 9.33. The Morgan fingerprint density at radius 1 is 1.14 bits per heavy atom. The van der Waals surface area contributed by atoms with Crippen molar-refractivity contribution in [3.63, 3.8) is 0 Å². The number of hydrogen-bond donors (Lipinski definition) is 1. The van der Waals surface area contributed by atoms with Crippen LogP contribution in [0.2, 0.25) is 0 Å². The van der Waals surface area contributed by atoms with E-state index in [1.807, 2.05) is 54.9 Å². The topological polar surface area (TPSA) is 108 Å². The zero-order chi connectivity index (χ0) is 20.2. The van der Waals surface area contributed by atoms with E-state index in [0.717, 1.165) is 17.8 Å². The van der Waals surface area contributed by atoms with Crippen molar-refractivity contribution in [1.82, 2.24) is 45.1 Å². The smallest absolute Gasteiger partial charge is 0.272 e. The molecule has 0 saturated carbocycles. The lowest BCUT2D eigenvalue weighted by Gasteiger charge is -2.14. The van der Waals surface area contributed by atoms with Crippen LogP contribution in [0.3, 0.4) is 0 Å². The molecule has 4 aromatic rings. The summed E-state index contributed by atoms with van der Waals surface area (Å²) in [5, 5.41) is 24.0. The minimum absolute atomic E-state index is 0.180. The minimum Gasteiger partial charge on any atom is -0.343 e. The Bertz CT molecular complexity index is 1100. The summed E-state index contributed by atoms with van der Waals surface area (Å²) in [6.07, 6.45) is 3.44. The van der Waals surface area contributed by atoms with Gasteiger partial charge in [0.05, 0.1) is 11.7 Å². The van der Waals surface area contributed by atoms with E-state index in [0.29, 0.717) is 11.5 Å². The third-order valence-electron chi connectivity index (χ3n) is 4.47. The van der Waals surface area contributed by atoms with Gasteiger partial charge in [-0.05, 0) is 31.2 Å². The standard InChI is InChI=1S/C19H21N9O/c1-3-27-17(9-11-20-27)14(2)21-19(29)16-10-12-26(23-16)13-28-24-18(22-25-28)15-7-5-4-6-8-15/h4-12,14H,3,13H2,1-2H3,(H,21,29). The maximum Gasteiger partial charge on any atom is 0.272 e. The molecule has 0 aliphatic carbocycles. The molecule has 148 valence electrons. The van der Waals surface area contributed by atoms with E-state index < -0.39 is 0 Å². The molecule has 3 aromatic heterocycles. The van der Waals surface area contributed by atoms with Crippen molar-refractivity contribution >= 4 is 5.91 Å². The fourth-order valence-corrected chi connectivity index (χ4v) is 3.02. The van der Waals surface area contributed by atoms with E-state index >= 15 is 0 Å². The van der Waals surface area contributed by atoms with Crippen LogP contribution >= 0.6 is 0 Å². The van der Waals surface area contributed by atoms with Gasteiger partial charge in [-0.15, -0.1) is 15.0 Å². The highest BCUT2D eigenvalue weighted by atomic mass is 16.2. The molecule has 1 N–H and O–H groups in total. The monoisotopic (exact) mass is 391 g/mol. The van der Waals surface area contributed by atoms with E-state index in [4.69, 9.17) is 0 Å². The lowest BCUT2D eigenvalue weighted by Crippen LogP contribution is -2.28. The summed E-state index contributed by atoms with van der Waals surface area (Å²) in [4.78, 5) is 14.0. The molecule has 0 saturated heterocycles. The number of benzene rings is 1. The number of carbonyl (C=O) groups excluding carboxylic acids is 1. The van der Waals surface area contributed by atoms with E-state index in [-0.39, 0.29) is 18.6 Å². The zero-order valence-electron chi connectivity index (χ0n) is 16.2. The Hall–Kier alpha value is -3.82. The molecule has 0 aliphatic heterocycles. The van der Waals surface area contributed by atoms with Crippen LogP contribution in [-0.4, -0.2) is 45.7 Å². The van der Waals surface area contributed by atoms with Gasteiger partial charge in [0.1, 0.15) is 5.69 Å². The maximum atomic E-state index is 12.5. The van der Waals surface area contributed by atoms with Gasteiger partial charge in [-0.1, -0.05) is 30.3 Å². The molecule has 10 nitrogen and oxygen atoms in total. The van der Waals surface area contributed by atoms with Crippen LogP contribution in [0.5, 0.6) is 0 Å². The van der Waals surface area contributed by atoms with Crippen LogP contribution < -0.4 is 5.32 Å². The van der Waals surface area contributed by atoms with Crippen molar-refractivity contribution in [3.05, 3.63) is 66.2 Å². The van der Waals surface area contributed by atoms with Crippen LogP contribution in [0.25, 0.3) is 11.4 Å². The molecule has 0 bridgehead atoms. The van der Waals surface area contributed by atoms with Gasteiger partial charge in [0.25, 0.3) is 5.91 Å². The second-order valence-electron chi connectivity index (χ2n) is 6.50. The van der Waals surface area contributed by atoms with Crippen molar-refractivity contribution in [2.45, 2.75) is 33.1 Å². The summed E-state index contributed by atoms with van der Waals surface area (Å²) in [5.74, 6) is 0.286. The van der Waals surface area contributed by atoms with Gasteiger partial charge in [-0.3, -0.25) is 9.48 Å². The molecule has 0 fully saturated rings. The molecule has 10 heteroatoms. The minimum atomic E-state index is -0.253. The molecule has 3 heterocycles. The maximum absolute atomic E-state index is 12.5. The predicted octanol–water partition coefficient (Wildman–Crippen LogP) is 1.75. The summed E-state index contributed by atoms with van der Waals surface area (Å²) in [5.41, 5.74) is 2.16. The molecule has 29 heavy (non-hydrogen) atoms. The number of nitrogens with one attached hydrogen (secondary N) is 1. The van der Waals surface area contributed by atoms with Crippen molar-refractivity contribution < 1.29 is 4.79 Å². The number of tetrazole rings is 1. The molecular formula is C19H21N9O. The lowest BCUT2D eigenvalue weighted by atomic mass is 10.2. The van der Waals surface area contributed by atoms with Crippen LogP contribution in [0.15, 0.2) is 54.9 Å². The second-order valence-corrected chi connectivity index (χ2v) is 6.50. The third-order valence-corrected chi connectivity index (χ3v) is 4.47. The van der Waals surface area contributed by atoms with Crippen LogP contribution in [0.1, 0.15) is 36.1 Å². The highest BCUT2D eigenvalue weighted by molar-refractivity contribution is 5.92. The molecule has 1 aromatic carbocycles. The van der Waals surface area contributed by atoms with E-state index in [2.05, 4.69) is 30.9 Å². The molecule has 0 spiro atoms. The van der Waals surface area contributed by atoms with Crippen molar-refractivity contribution in [2.24, 2.45) is 0 Å². The number of aromatic nitrogens is 8. The van der Waals surface area contributed by atoms with E-state index in [9.17, 15) is 4.79 Å². The van der Waals surface area contributed by atoms with Gasteiger partial charge in [-0.25, -0.2) is 4.68 Å². The van der Waals surface area contributed by atoms with E-state index in [1.54, 1.807) is 23.1 Å². The Kier molecular flexibility index (Phi) is 5.14. The van der Waals surface area contributed by atoms with Crippen molar-refractivity contribution in [1.29, 1.82) is 0 Å². The van der Waals surface area contributed by atoms with Gasteiger partial charge in [0.15, 0.2) is 6.67 Å². The highest BCUT2D eigenvalue weighted by Gasteiger charge is 2.17. The van der Waals surface area contributed by atoms with Gasteiger partial charge in [-0.2, -0.15) is 10.2 Å². The SMILES string of the molecule is CCn1nccc1C(C)NC(=O)c1ccn(Cn2nnc(-c3ccccc3)n2)n1. The highest BCUT2D eigenvalue weighted by Crippen LogP contribution is 2.13. The number of rotatable bonds is 7. The van der Waals surface area contributed by atoms with Gasteiger partial charge >= 0.3 is 0 Å². The lowest BCUT2D eigenvalue weighted by molar-refractivity contribution is 0.0932. The Labute approximate surface area is 167 Å². The normalized spacial score (nSPS) is 12.1. The Balaban J connectivity index is 1.41. The number of carbonyl (C=O) groups is 1. The van der Waals surface area contributed by atoms with Gasteiger partial charge < -0.3 is 5.32 Å². The zero-order valence-corrected chi connectivity index (χ0v) is 16.2. The largest absolute Gasteiger partial charge is 0.343 e. The molecular weight excluding hydrogens is 370 g/mol. The van der Waals surface area contributed by atoms with Crippen molar-refractivity contribution in [2.75, 3.05) is 0 Å². The molecule has 4 rings (SSSR count). The van der Waals surface area contributed by atoms with E-state index in [1.165, 1.54) is 4.80 Å². The average molecular weight is 391 g/mol. The summed E-state index contributed by atoms with van der Waals surface area (Å²) < 4.78 is 3.44. The number of nitrogens with zero attached hydrogens (tertiary/aromatic N) is 8. The predicted molar refractivity (Wildman–Crippen MR) is 105 cm³/mol. The quantitative estimate of drug-likeness (QED) is 0.514. The summed E-state index contributed by atoms with van der Waals surface area (Å²) in [6, 6.07) is 13.0. The molecule has 0 aliphatic rings. The average Bonchev–Trinajstić information content (AvgIpc) is 3.49. The molecule has 1 atom stereocenters. The van der Waals surface area contributed by atoms with Crippen molar-refractivity contribution in [3.8, 4) is 11.4 Å². The summed E-state index contributed by atoms with van der Waals surface area (Å²) in [7, 11) is 0. The number of hydrogen-bond acceptors (Lipinski definition) is 6. The number of amides is 1. The van der Waals surface area contributed by atoms with Gasteiger partial charge in [0, 0.05) is 24.5 Å². The Morgan fingerprint density at radius 3 is 2.76 bits per heavy atom. The first kappa shape index (κ1) is 18.5. The van der Waals surface area contributed by atoms with Gasteiger partial charge in [0.2, 0.25) is 5.82 Å². The first-order chi connectivity index (χ1) is 14.1. The van der Waals surface area contributed by atoms with Crippen LogP contribution in [0.4, 0.5) is 0 Å². The van der Waals surface area contributed by atoms with Crippen LogP contribution in [-0.2, 0) is 13.2 Å². The summed E-state index contributed by atoms with van der Waals surface area (Å²) >= 11 is 0. The molecule has 1 unspecified atom stereocenters. The molecule has 1 amide bonds. The first-order valence-electron chi connectivity index (χ1n) is 9.33. The third kappa shape index (κ3) is 4.05. The van der Waals surface area contributed by atoms with Crippen LogP contribution in [0, 0.1) is 0 Å². The summed E-state index contributed by atoms with van der Waals surface area (Å²) in [6.45, 7) is 4.93. The fourth-order valence-electron chi connectivity index (χ4n) is 3.02. The second kappa shape index (κ2) is 8.05.